The lowest BCUT2D eigenvalue weighted by atomic mass is 9.92. The van der Waals surface area contributed by atoms with Crippen molar-refractivity contribution in [3.05, 3.63) is 35.1 Å². The van der Waals surface area contributed by atoms with Gasteiger partial charge in [0.15, 0.2) is 0 Å². The predicted molar refractivity (Wildman–Crippen MR) is 97.6 cm³/mol. The third-order valence-electron chi connectivity index (χ3n) is 6.58. The fraction of sp³-hybridized carbons (Fsp3) is 0.571. The Morgan fingerprint density at radius 2 is 1.84 bits per heavy atom. The summed E-state index contributed by atoms with van der Waals surface area (Å²) in [6.45, 7) is 4.08. The lowest BCUT2D eigenvalue weighted by Crippen LogP contribution is -2.33. The van der Waals surface area contributed by atoms with Gasteiger partial charge in [-0.15, -0.1) is 0 Å². The van der Waals surface area contributed by atoms with Crippen molar-refractivity contribution < 1.29 is 9.21 Å². The number of hydrogen-bond acceptors (Lipinski definition) is 3. The standard InChI is InChI=1S/C21H26N2O2/c24-21(23-6-4-16-11-22-12-17(16)5-7-23)10-18-13-25-20-9-15-3-1-2-14(15)8-19(18)20/h8-9,13,16-17,22H,1-7,10-12H2/t16-,17+. The number of nitrogens with zero attached hydrogens (tertiary/aromatic N) is 1. The van der Waals surface area contributed by atoms with E-state index in [-0.39, 0.29) is 5.91 Å². The van der Waals surface area contributed by atoms with Gasteiger partial charge in [0.1, 0.15) is 5.58 Å². The van der Waals surface area contributed by atoms with Crippen molar-refractivity contribution in [3.63, 3.8) is 0 Å². The SMILES string of the molecule is O=C(Cc1coc2cc3c(cc12)CCC3)N1CC[C@@H]2CNC[C@@H]2CC1. The zero-order chi connectivity index (χ0) is 16.8. The number of nitrogens with one attached hydrogen (secondary N) is 1. The average Bonchev–Trinajstić information content (AvgIpc) is 3.31. The summed E-state index contributed by atoms with van der Waals surface area (Å²) in [5.41, 5.74) is 4.87. The molecule has 0 saturated carbocycles. The molecule has 1 N–H and O–H groups in total. The Morgan fingerprint density at radius 1 is 1.12 bits per heavy atom. The highest BCUT2D eigenvalue weighted by Gasteiger charge is 2.31. The second-order valence-electron chi connectivity index (χ2n) is 8.04. The van der Waals surface area contributed by atoms with Gasteiger partial charge in [-0.1, -0.05) is 0 Å². The monoisotopic (exact) mass is 338 g/mol. The highest BCUT2D eigenvalue weighted by molar-refractivity contribution is 5.88. The van der Waals surface area contributed by atoms with Crippen molar-refractivity contribution in [1.29, 1.82) is 0 Å². The van der Waals surface area contributed by atoms with E-state index in [4.69, 9.17) is 4.42 Å². The Hall–Kier alpha value is -1.81. The van der Waals surface area contributed by atoms with Crippen LogP contribution in [0, 0.1) is 11.8 Å². The Balaban J connectivity index is 1.33. The molecule has 0 radical (unpaired) electrons. The molecule has 5 rings (SSSR count). The fourth-order valence-corrected chi connectivity index (χ4v) is 5.03. The number of fused-ring (bicyclic) bond motifs is 3. The van der Waals surface area contributed by atoms with E-state index in [1.165, 1.54) is 17.5 Å². The second-order valence-corrected chi connectivity index (χ2v) is 8.04. The van der Waals surface area contributed by atoms with Gasteiger partial charge in [-0.05, 0) is 80.3 Å². The number of aryl methyl sites for hydroxylation is 2. The molecule has 2 aliphatic heterocycles. The first-order valence-corrected chi connectivity index (χ1v) is 9.78. The molecule has 2 aromatic rings. The minimum absolute atomic E-state index is 0.260. The minimum atomic E-state index is 0.260. The molecule has 3 heterocycles. The summed E-state index contributed by atoms with van der Waals surface area (Å²) in [7, 11) is 0. The van der Waals surface area contributed by atoms with Gasteiger partial charge in [0.25, 0.3) is 0 Å². The van der Waals surface area contributed by atoms with E-state index < -0.39 is 0 Å². The number of rotatable bonds is 2. The zero-order valence-corrected chi connectivity index (χ0v) is 14.7. The van der Waals surface area contributed by atoms with E-state index in [0.29, 0.717) is 6.42 Å². The van der Waals surface area contributed by atoms with Gasteiger partial charge >= 0.3 is 0 Å². The van der Waals surface area contributed by atoms with Gasteiger partial charge in [-0.3, -0.25) is 4.79 Å². The fourth-order valence-electron chi connectivity index (χ4n) is 5.03. The predicted octanol–water partition coefficient (Wildman–Crippen LogP) is 2.92. The zero-order valence-electron chi connectivity index (χ0n) is 14.7. The largest absolute Gasteiger partial charge is 0.464 e. The van der Waals surface area contributed by atoms with Crippen molar-refractivity contribution in [2.75, 3.05) is 26.2 Å². The maximum Gasteiger partial charge on any atom is 0.227 e. The molecule has 0 unspecified atom stereocenters. The molecule has 3 aliphatic rings. The first kappa shape index (κ1) is 15.4. The number of furan rings is 1. The number of carbonyl (C=O) groups excluding carboxylic acids is 1. The second kappa shape index (κ2) is 6.17. The summed E-state index contributed by atoms with van der Waals surface area (Å²) >= 11 is 0. The molecular formula is C21H26N2O2. The summed E-state index contributed by atoms with van der Waals surface area (Å²) in [5, 5.41) is 4.64. The van der Waals surface area contributed by atoms with Gasteiger partial charge in [-0.2, -0.15) is 0 Å². The van der Waals surface area contributed by atoms with Crippen LogP contribution in [0.15, 0.2) is 22.8 Å². The first-order valence-electron chi connectivity index (χ1n) is 9.78. The third-order valence-corrected chi connectivity index (χ3v) is 6.58. The van der Waals surface area contributed by atoms with Crippen LogP contribution in [-0.4, -0.2) is 37.0 Å². The molecule has 2 fully saturated rings. The third kappa shape index (κ3) is 2.77. The Kier molecular flexibility index (Phi) is 3.81. The smallest absolute Gasteiger partial charge is 0.227 e. The molecule has 2 saturated heterocycles. The highest BCUT2D eigenvalue weighted by atomic mass is 16.3. The van der Waals surface area contributed by atoms with E-state index in [1.54, 1.807) is 6.26 Å². The van der Waals surface area contributed by atoms with Crippen LogP contribution in [0.4, 0.5) is 0 Å². The quantitative estimate of drug-likeness (QED) is 0.916. The van der Waals surface area contributed by atoms with Gasteiger partial charge < -0.3 is 14.6 Å². The van der Waals surface area contributed by atoms with Crippen molar-refractivity contribution in [3.8, 4) is 0 Å². The first-order chi connectivity index (χ1) is 12.3. The van der Waals surface area contributed by atoms with E-state index in [9.17, 15) is 4.79 Å². The number of likely N-dealkylation sites (tertiary alicyclic amines) is 1. The Labute approximate surface area is 148 Å². The summed E-state index contributed by atoms with van der Waals surface area (Å²) < 4.78 is 5.77. The molecule has 1 aromatic heterocycles. The van der Waals surface area contributed by atoms with E-state index >= 15 is 0 Å². The average molecular weight is 338 g/mol. The van der Waals surface area contributed by atoms with Gasteiger partial charge in [0, 0.05) is 24.0 Å². The summed E-state index contributed by atoms with van der Waals surface area (Å²) in [6.07, 6.45) is 8.11. The van der Waals surface area contributed by atoms with Crippen LogP contribution in [0.3, 0.4) is 0 Å². The normalized spacial score (nSPS) is 25.8. The molecule has 1 aliphatic carbocycles. The van der Waals surface area contributed by atoms with Crippen LogP contribution >= 0.6 is 0 Å². The lowest BCUT2D eigenvalue weighted by molar-refractivity contribution is -0.130. The van der Waals surface area contributed by atoms with E-state index in [2.05, 4.69) is 22.3 Å². The molecule has 25 heavy (non-hydrogen) atoms. The lowest BCUT2D eigenvalue weighted by Gasteiger charge is -2.20. The molecule has 0 spiro atoms. The molecule has 1 aromatic carbocycles. The highest BCUT2D eigenvalue weighted by Crippen LogP contribution is 2.31. The number of carbonyl (C=O) groups is 1. The van der Waals surface area contributed by atoms with Gasteiger partial charge in [-0.25, -0.2) is 0 Å². The molecular weight excluding hydrogens is 312 g/mol. The summed E-state index contributed by atoms with van der Waals surface area (Å²) in [6, 6.07) is 4.45. The Bertz CT molecular complexity index is 796. The molecule has 4 heteroatoms. The molecule has 0 bridgehead atoms. The van der Waals surface area contributed by atoms with Crippen LogP contribution in [-0.2, 0) is 24.1 Å². The van der Waals surface area contributed by atoms with Crippen molar-refractivity contribution in [2.24, 2.45) is 11.8 Å². The van der Waals surface area contributed by atoms with Crippen LogP contribution in [0.5, 0.6) is 0 Å². The van der Waals surface area contributed by atoms with Gasteiger partial charge in [0.2, 0.25) is 5.91 Å². The van der Waals surface area contributed by atoms with Crippen molar-refractivity contribution in [2.45, 2.75) is 38.5 Å². The van der Waals surface area contributed by atoms with E-state index in [1.807, 2.05) is 0 Å². The number of hydrogen-bond donors (Lipinski definition) is 1. The minimum Gasteiger partial charge on any atom is -0.464 e. The van der Waals surface area contributed by atoms with E-state index in [0.717, 1.165) is 80.2 Å². The summed E-state index contributed by atoms with van der Waals surface area (Å²) in [5.74, 6) is 1.78. The number of amides is 1. The molecule has 2 atom stereocenters. The molecule has 4 nitrogen and oxygen atoms in total. The maximum absolute atomic E-state index is 12.9. The van der Waals surface area contributed by atoms with Crippen LogP contribution in [0.1, 0.15) is 36.0 Å². The van der Waals surface area contributed by atoms with Crippen LogP contribution in [0.25, 0.3) is 11.0 Å². The van der Waals surface area contributed by atoms with Crippen molar-refractivity contribution >= 4 is 16.9 Å². The topological polar surface area (TPSA) is 45.5 Å². The molecule has 1 amide bonds. The van der Waals surface area contributed by atoms with Crippen molar-refractivity contribution in [1.82, 2.24) is 10.2 Å². The van der Waals surface area contributed by atoms with Crippen LogP contribution in [0.2, 0.25) is 0 Å². The number of benzene rings is 1. The molecule has 132 valence electrons. The van der Waals surface area contributed by atoms with Gasteiger partial charge in [0.05, 0.1) is 12.7 Å². The Morgan fingerprint density at radius 3 is 2.60 bits per heavy atom. The maximum atomic E-state index is 12.9. The van der Waals surface area contributed by atoms with Crippen LogP contribution < -0.4 is 5.32 Å². The summed E-state index contributed by atoms with van der Waals surface area (Å²) in [4.78, 5) is 15.0.